The van der Waals surface area contributed by atoms with E-state index in [4.69, 9.17) is 20.8 Å². The number of esters is 1. The van der Waals surface area contributed by atoms with Gasteiger partial charge in [-0.05, 0) is 44.2 Å². The van der Waals surface area contributed by atoms with Crippen LogP contribution < -0.4 is 0 Å². The van der Waals surface area contributed by atoms with E-state index in [9.17, 15) is 4.79 Å². The second kappa shape index (κ2) is 7.89. The molecule has 29 heavy (non-hydrogen) atoms. The summed E-state index contributed by atoms with van der Waals surface area (Å²) in [6.07, 6.45) is 0. The molecule has 0 spiro atoms. The molecule has 0 atom stereocenters. The molecule has 2 aromatic carbocycles. The van der Waals surface area contributed by atoms with E-state index < -0.39 is 5.97 Å². The van der Waals surface area contributed by atoms with E-state index in [1.807, 2.05) is 36.4 Å². The van der Waals surface area contributed by atoms with Crippen molar-refractivity contribution in [2.24, 2.45) is 0 Å². The summed E-state index contributed by atoms with van der Waals surface area (Å²) in [4.78, 5) is 16.9. The zero-order chi connectivity index (χ0) is 20.4. The molecule has 0 fully saturated rings. The zero-order valence-electron chi connectivity index (χ0n) is 15.8. The minimum Gasteiger partial charge on any atom is -0.454 e. The number of ether oxygens (including phenoxy) is 1. The summed E-state index contributed by atoms with van der Waals surface area (Å²) in [6, 6.07) is 16.7. The van der Waals surface area contributed by atoms with Gasteiger partial charge in [0.1, 0.15) is 18.1 Å². The molecule has 0 bridgehead atoms. The van der Waals surface area contributed by atoms with Gasteiger partial charge in [0, 0.05) is 10.6 Å². The van der Waals surface area contributed by atoms with Crippen LogP contribution in [0.2, 0.25) is 5.02 Å². The van der Waals surface area contributed by atoms with Gasteiger partial charge in [0.25, 0.3) is 0 Å². The lowest BCUT2D eigenvalue weighted by Gasteiger charge is -2.04. The van der Waals surface area contributed by atoms with Gasteiger partial charge in [-0.3, -0.25) is 0 Å². The van der Waals surface area contributed by atoms with Crippen LogP contribution in [0.4, 0.5) is 0 Å². The largest absolute Gasteiger partial charge is 0.454 e. The molecule has 0 saturated carbocycles. The summed E-state index contributed by atoms with van der Waals surface area (Å²) >= 11 is 6.03. The van der Waals surface area contributed by atoms with Gasteiger partial charge in [0.2, 0.25) is 5.89 Å². The molecule has 8 heteroatoms. The molecule has 0 aliphatic rings. The molecule has 0 aliphatic carbocycles. The Hall–Kier alpha value is -3.45. The number of benzene rings is 2. The smallest absolute Gasteiger partial charge is 0.361 e. The van der Waals surface area contributed by atoms with Gasteiger partial charge in [-0.25, -0.2) is 14.5 Å². The van der Waals surface area contributed by atoms with E-state index in [0.717, 1.165) is 5.56 Å². The first kappa shape index (κ1) is 18.9. The number of aromatic nitrogens is 4. The Morgan fingerprint density at radius 2 is 1.93 bits per heavy atom. The van der Waals surface area contributed by atoms with Gasteiger partial charge in [-0.1, -0.05) is 41.1 Å². The summed E-state index contributed by atoms with van der Waals surface area (Å²) in [6.45, 7) is 3.50. The molecular formula is C21H17ClN4O3. The van der Waals surface area contributed by atoms with Crippen molar-refractivity contribution in [2.75, 3.05) is 0 Å². The summed E-state index contributed by atoms with van der Waals surface area (Å²) in [5.74, 6) is 0.493. The Kier molecular flexibility index (Phi) is 5.14. The van der Waals surface area contributed by atoms with E-state index in [2.05, 4.69) is 15.3 Å². The van der Waals surface area contributed by atoms with Crippen LogP contribution >= 0.6 is 11.6 Å². The minimum absolute atomic E-state index is 0.0233. The molecule has 7 nitrogen and oxygen atoms in total. The Bertz CT molecular complexity index is 1170. The first-order valence-electron chi connectivity index (χ1n) is 8.90. The maximum atomic E-state index is 12.5. The van der Waals surface area contributed by atoms with Crippen LogP contribution in [-0.4, -0.2) is 25.9 Å². The molecule has 0 radical (unpaired) electrons. The third kappa shape index (κ3) is 3.90. The average molecular weight is 409 g/mol. The molecule has 0 saturated heterocycles. The molecule has 4 aromatic rings. The number of hydrogen-bond acceptors (Lipinski definition) is 6. The molecule has 4 rings (SSSR count). The third-order valence-corrected chi connectivity index (χ3v) is 4.63. The van der Waals surface area contributed by atoms with Crippen LogP contribution in [0.3, 0.4) is 0 Å². The standard InChI is InChI=1S/C21H17ClN4O3/c1-13-19(24-25-26(13)17-10-6-9-16(22)11-17)21(27)28-12-18-14(2)29-20(23-18)15-7-4-3-5-8-15/h3-11H,12H2,1-2H3. The topological polar surface area (TPSA) is 83.0 Å². The lowest BCUT2D eigenvalue weighted by Crippen LogP contribution is -2.09. The van der Waals surface area contributed by atoms with Gasteiger partial charge in [0.05, 0.1) is 11.4 Å². The number of aryl methyl sites for hydroxylation is 1. The Morgan fingerprint density at radius 3 is 2.69 bits per heavy atom. The second-order valence-corrected chi connectivity index (χ2v) is 6.82. The lowest BCUT2D eigenvalue weighted by molar-refractivity contribution is 0.0459. The van der Waals surface area contributed by atoms with Crippen LogP contribution in [-0.2, 0) is 11.3 Å². The quantitative estimate of drug-likeness (QED) is 0.450. The van der Waals surface area contributed by atoms with Gasteiger partial charge in [-0.2, -0.15) is 0 Å². The van der Waals surface area contributed by atoms with E-state index in [-0.39, 0.29) is 12.3 Å². The van der Waals surface area contributed by atoms with Crippen molar-refractivity contribution in [3.8, 4) is 17.1 Å². The molecule has 146 valence electrons. The number of nitrogens with zero attached hydrogens (tertiary/aromatic N) is 4. The van der Waals surface area contributed by atoms with E-state index >= 15 is 0 Å². The first-order chi connectivity index (χ1) is 14.0. The third-order valence-electron chi connectivity index (χ3n) is 4.39. The van der Waals surface area contributed by atoms with Gasteiger partial charge in [-0.15, -0.1) is 5.10 Å². The highest BCUT2D eigenvalue weighted by Gasteiger charge is 2.20. The Balaban J connectivity index is 1.49. The van der Waals surface area contributed by atoms with Crippen molar-refractivity contribution in [3.05, 3.63) is 82.5 Å². The van der Waals surface area contributed by atoms with Crippen LogP contribution in [0.1, 0.15) is 27.6 Å². The zero-order valence-corrected chi connectivity index (χ0v) is 16.6. The fourth-order valence-electron chi connectivity index (χ4n) is 2.84. The van der Waals surface area contributed by atoms with E-state index in [0.29, 0.717) is 33.7 Å². The average Bonchev–Trinajstić information content (AvgIpc) is 3.29. The van der Waals surface area contributed by atoms with Gasteiger partial charge in [0.15, 0.2) is 5.69 Å². The molecule has 2 aromatic heterocycles. The van der Waals surface area contributed by atoms with E-state index in [1.54, 1.807) is 32.0 Å². The monoisotopic (exact) mass is 408 g/mol. The van der Waals surface area contributed by atoms with Gasteiger partial charge >= 0.3 is 5.97 Å². The first-order valence-corrected chi connectivity index (χ1v) is 9.28. The summed E-state index contributed by atoms with van der Waals surface area (Å²) < 4.78 is 12.6. The van der Waals surface area contributed by atoms with Gasteiger partial charge < -0.3 is 9.15 Å². The van der Waals surface area contributed by atoms with Crippen molar-refractivity contribution < 1.29 is 13.9 Å². The van der Waals surface area contributed by atoms with Crippen LogP contribution in [0.5, 0.6) is 0 Å². The lowest BCUT2D eigenvalue weighted by atomic mass is 10.2. The van der Waals surface area contributed by atoms with Crippen molar-refractivity contribution in [2.45, 2.75) is 20.5 Å². The maximum Gasteiger partial charge on any atom is 0.361 e. The van der Waals surface area contributed by atoms with Crippen LogP contribution in [0.25, 0.3) is 17.1 Å². The predicted molar refractivity (Wildman–Crippen MR) is 107 cm³/mol. The molecule has 2 heterocycles. The Morgan fingerprint density at radius 1 is 1.14 bits per heavy atom. The van der Waals surface area contributed by atoms with Crippen LogP contribution in [0, 0.1) is 13.8 Å². The number of halogens is 1. The fraction of sp³-hybridized carbons (Fsp3) is 0.143. The second-order valence-electron chi connectivity index (χ2n) is 6.38. The SMILES string of the molecule is Cc1oc(-c2ccccc2)nc1COC(=O)c1nnn(-c2cccc(Cl)c2)c1C. The minimum atomic E-state index is -0.584. The number of carbonyl (C=O) groups is 1. The number of rotatable bonds is 5. The highest BCUT2D eigenvalue weighted by Crippen LogP contribution is 2.22. The van der Waals surface area contributed by atoms with Crippen molar-refractivity contribution >= 4 is 17.6 Å². The fourth-order valence-corrected chi connectivity index (χ4v) is 3.02. The molecule has 0 unspecified atom stereocenters. The molecule has 0 amide bonds. The number of hydrogen-bond donors (Lipinski definition) is 0. The van der Waals surface area contributed by atoms with Crippen molar-refractivity contribution in [1.29, 1.82) is 0 Å². The number of carbonyl (C=O) groups excluding carboxylic acids is 1. The van der Waals surface area contributed by atoms with E-state index in [1.165, 1.54) is 4.68 Å². The Labute approximate surface area is 171 Å². The summed E-state index contributed by atoms with van der Waals surface area (Å²) in [7, 11) is 0. The molecule has 0 N–H and O–H groups in total. The molecule has 0 aliphatic heterocycles. The highest BCUT2D eigenvalue weighted by atomic mass is 35.5. The number of oxazole rings is 1. The highest BCUT2D eigenvalue weighted by molar-refractivity contribution is 6.30. The van der Waals surface area contributed by atoms with Crippen LogP contribution in [0.15, 0.2) is 59.0 Å². The summed E-state index contributed by atoms with van der Waals surface area (Å²) in [5, 5.41) is 8.57. The maximum absolute atomic E-state index is 12.5. The summed E-state index contributed by atoms with van der Waals surface area (Å²) in [5.41, 5.74) is 2.81. The van der Waals surface area contributed by atoms with Crippen molar-refractivity contribution in [3.63, 3.8) is 0 Å². The predicted octanol–water partition coefficient (Wildman–Crippen LogP) is 4.55. The molecular weight excluding hydrogens is 392 g/mol. The normalized spacial score (nSPS) is 10.9. The van der Waals surface area contributed by atoms with Crippen molar-refractivity contribution in [1.82, 2.24) is 20.0 Å².